The summed E-state index contributed by atoms with van der Waals surface area (Å²) in [5.41, 5.74) is 4.55. The van der Waals surface area contributed by atoms with E-state index in [4.69, 9.17) is 17.0 Å². The second-order valence-electron chi connectivity index (χ2n) is 9.48. The maximum Gasteiger partial charge on any atom is 0.262 e. The Morgan fingerprint density at radius 2 is 1.73 bits per heavy atom. The van der Waals surface area contributed by atoms with E-state index in [0.29, 0.717) is 16.5 Å². The van der Waals surface area contributed by atoms with E-state index >= 15 is 0 Å². The molecule has 0 saturated carbocycles. The summed E-state index contributed by atoms with van der Waals surface area (Å²) < 4.78 is 8.74. The van der Waals surface area contributed by atoms with Crippen molar-refractivity contribution >= 4 is 50.5 Å². The molecule has 2 aromatic heterocycles. The van der Waals surface area contributed by atoms with E-state index < -0.39 is 0 Å². The van der Waals surface area contributed by atoms with E-state index in [1.807, 2.05) is 91.0 Å². The molecule has 41 heavy (non-hydrogen) atoms. The van der Waals surface area contributed by atoms with E-state index in [1.165, 1.54) is 0 Å². The summed E-state index contributed by atoms with van der Waals surface area (Å²) in [4.78, 5) is 19.3. The van der Waals surface area contributed by atoms with Crippen LogP contribution >= 0.6 is 28.1 Å². The van der Waals surface area contributed by atoms with E-state index in [-0.39, 0.29) is 24.6 Å². The van der Waals surface area contributed by atoms with Crippen molar-refractivity contribution in [1.29, 1.82) is 0 Å². The fraction of sp³-hybridized carbons (Fsp3) is 0.0938. The van der Waals surface area contributed by atoms with Crippen LogP contribution in [0.5, 0.6) is 5.75 Å². The molecular weight excluding hydrogens is 598 g/mol. The summed E-state index contributed by atoms with van der Waals surface area (Å²) >= 11 is 9.50. The lowest BCUT2D eigenvalue weighted by Gasteiger charge is -2.29. The molecule has 0 spiro atoms. The number of carbonyl (C=O) groups excluding carboxylic acids is 1. The molecule has 6 rings (SSSR count). The monoisotopic (exact) mass is 623 g/mol. The van der Waals surface area contributed by atoms with Gasteiger partial charge in [-0.05, 0) is 91.1 Å². The molecule has 2 atom stereocenters. The lowest BCUT2D eigenvalue weighted by molar-refractivity contribution is -0.118. The first-order valence-electron chi connectivity index (χ1n) is 13.1. The minimum Gasteiger partial charge on any atom is -0.484 e. The van der Waals surface area contributed by atoms with Crippen molar-refractivity contribution in [3.05, 3.63) is 137 Å². The Kier molecular flexibility index (Phi) is 7.80. The number of pyridine rings is 1. The summed E-state index contributed by atoms with van der Waals surface area (Å²) in [6.45, 7) is -0.0771. The third-order valence-electron chi connectivity index (χ3n) is 6.81. The highest BCUT2D eigenvalue weighted by Gasteiger charge is 2.42. The summed E-state index contributed by atoms with van der Waals surface area (Å²) in [5.74, 6) is 0.411. The number of amides is 1. The third kappa shape index (κ3) is 5.86. The van der Waals surface area contributed by atoms with E-state index in [2.05, 4.69) is 65.4 Å². The van der Waals surface area contributed by atoms with Crippen LogP contribution in [-0.4, -0.2) is 27.2 Å². The molecule has 0 unspecified atom stereocenters. The van der Waals surface area contributed by atoms with Crippen molar-refractivity contribution in [3.8, 4) is 11.4 Å². The molecule has 3 aromatic carbocycles. The Hall–Kier alpha value is -4.47. The van der Waals surface area contributed by atoms with Gasteiger partial charge in [-0.15, -0.1) is 0 Å². The van der Waals surface area contributed by atoms with Gasteiger partial charge in [-0.2, -0.15) is 0 Å². The minimum absolute atomic E-state index is 0.0771. The molecule has 0 aliphatic carbocycles. The fourth-order valence-corrected chi connectivity index (χ4v) is 5.73. The predicted octanol–water partition coefficient (Wildman–Crippen LogP) is 6.83. The zero-order valence-electron chi connectivity index (χ0n) is 21.9. The van der Waals surface area contributed by atoms with Crippen LogP contribution in [0.1, 0.15) is 23.5 Å². The van der Waals surface area contributed by atoms with Gasteiger partial charge < -0.3 is 24.8 Å². The normalized spacial score (nSPS) is 16.3. The average molecular weight is 625 g/mol. The van der Waals surface area contributed by atoms with Crippen LogP contribution in [0.15, 0.2) is 126 Å². The van der Waals surface area contributed by atoms with Gasteiger partial charge >= 0.3 is 0 Å². The SMILES string of the molecule is O=C(COc1ccccc1)Nc1ccc(N2C(=S)N[C@H](c3ccccn3)[C@H]2c2cccn2-c2cccc(Br)c2)cc1. The van der Waals surface area contributed by atoms with Gasteiger partial charge in [0, 0.05) is 39.6 Å². The standard InChI is InChI=1S/C32H26BrN5O2S/c33-22-8-6-9-25(20-22)37-19-7-13-28(37)31-30(27-12-4-5-18-34-27)36-32(41)38(31)24-16-14-23(15-17-24)35-29(39)21-40-26-10-2-1-3-11-26/h1-20,30-31H,21H2,(H,35,39)(H,36,41)/t30-,31-/m1/s1. The number of para-hydroxylation sites is 1. The van der Waals surface area contributed by atoms with Gasteiger partial charge in [0.1, 0.15) is 11.8 Å². The molecule has 1 amide bonds. The number of thiocarbonyl (C=S) groups is 1. The lowest BCUT2D eigenvalue weighted by atomic mass is 10.0. The number of halogens is 1. The van der Waals surface area contributed by atoms with Gasteiger partial charge in [0.2, 0.25) is 0 Å². The topological polar surface area (TPSA) is 71.4 Å². The Bertz CT molecular complexity index is 1660. The number of rotatable bonds is 8. The van der Waals surface area contributed by atoms with Crippen LogP contribution in [0, 0.1) is 0 Å². The smallest absolute Gasteiger partial charge is 0.262 e. The van der Waals surface area contributed by atoms with E-state index in [9.17, 15) is 4.79 Å². The van der Waals surface area contributed by atoms with Crippen LogP contribution in [0.2, 0.25) is 0 Å². The molecule has 9 heteroatoms. The van der Waals surface area contributed by atoms with Crippen LogP contribution in [0.4, 0.5) is 11.4 Å². The number of nitrogens with zero attached hydrogens (tertiary/aromatic N) is 3. The minimum atomic E-state index is -0.236. The highest BCUT2D eigenvalue weighted by atomic mass is 79.9. The fourth-order valence-electron chi connectivity index (χ4n) is 5.00. The molecule has 7 nitrogen and oxygen atoms in total. The van der Waals surface area contributed by atoms with Gasteiger partial charge in [-0.1, -0.05) is 46.3 Å². The van der Waals surface area contributed by atoms with Crippen molar-refractivity contribution in [1.82, 2.24) is 14.9 Å². The molecule has 0 bridgehead atoms. The summed E-state index contributed by atoms with van der Waals surface area (Å²) in [7, 11) is 0. The molecule has 5 aromatic rings. The summed E-state index contributed by atoms with van der Waals surface area (Å²) in [6, 6.07) is 34.8. The van der Waals surface area contributed by atoms with Crippen LogP contribution < -0.4 is 20.3 Å². The average Bonchev–Trinajstić information content (AvgIpc) is 3.62. The zero-order valence-corrected chi connectivity index (χ0v) is 24.3. The van der Waals surface area contributed by atoms with Crippen molar-refractivity contribution in [2.24, 2.45) is 0 Å². The summed E-state index contributed by atoms with van der Waals surface area (Å²) in [5, 5.41) is 7.01. The first-order chi connectivity index (χ1) is 20.1. The van der Waals surface area contributed by atoms with Gasteiger partial charge in [-0.25, -0.2) is 0 Å². The molecule has 1 fully saturated rings. The van der Waals surface area contributed by atoms with Gasteiger partial charge in [0.15, 0.2) is 11.7 Å². The molecule has 0 radical (unpaired) electrons. The zero-order chi connectivity index (χ0) is 28.2. The number of carbonyl (C=O) groups is 1. The van der Waals surface area contributed by atoms with Crippen molar-refractivity contribution in [2.75, 3.05) is 16.8 Å². The molecule has 1 aliphatic heterocycles. The number of benzene rings is 3. The van der Waals surface area contributed by atoms with Crippen molar-refractivity contribution in [3.63, 3.8) is 0 Å². The van der Waals surface area contributed by atoms with Crippen molar-refractivity contribution in [2.45, 2.75) is 12.1 Å². The first-order valence-corrected chi connectivity index (χ1v) is 14.3. The van der Waals surface area contributed by atoms with E-state index in [0.717, 1.165) is 27.2 Å². The number of nitrogens with one attached hydrogen (secondary N) is 2. The molecule has 1 saturated heterocycles. The van der Waals surface area contributed by atoms with Gasteiger partial charge in [0.25, 0.3) is 5.91 Å². The number of hydrogen-bond donors (Lipinski definition) is 2. The Labute approximate surface area is 251 Å². The largest absolute Gasteiger partial charge is 0.484 e. The quantitative estimate of drug-likeness (QED) is 0.185. The van der Waals surface area contributed by atoms with Crippen LogP contribution in [0.25, 0.3) is 5.69 Å². The highest BCUT2D eigenvalue weighted by molar-refractivity contribution is 9.10. The second-order valence-corrected chi connectivity index (χ2v) is 10.8. The predicted molar refractivity (Wildman–Crippen MR) is 168 cm³/mol. The number of aromatic nitrogens is 2. The van der Waals surface area contributed by atoms with Crippen molar-refractivity contribution < 1.29 is 9.53 Å². The van der Waals surface area contributed by atoms with Gasteiger partial charge in [-0.3, -0.25) is 9.78 Å². The lowest BCUT2D eigenvalue weighted by Crippen LogP contribution is -2.30. The third-order valence-corrected chi connectivity index (χ3v) is 7.62. The summed E-state index contributed by atoms with van der Waals surface area (Å²) in [6.07, 6.45) is 3.86. The Morgan fingerprint density at radius 1 is 0.927 bits per heavy atom. The Balaban J connectivity index is 1.29. The number of hydrogen-bond acceptors (Lipinski definition) is 4. The van der Waals surface area contributed by atoms with Crippen LogP contribution in [-0.2, 0) is 4.79 Å². The number of anilines is 2. The van der Waals surface area contributed by atoms with E-state index in [1.54, 1.807) is 6.20 Å². The first kappa shape index (κ1) is 26.7. The molecule has 1 aliphatic rings. The Morgan fingerprint density at radius 3 is 2.49 bits per heavy atom. The number of ether oxygens (including phenoxy) is 1. The second kappa shape index (κ2) is 12.0. The van der Waals surface area contributed by atoms with Crippen LogP contribution in [0.3, 0.4) is 0 Å². The molecular formula is C32H26BrN5O2S. The molecule has 204 valence electrons. The maximum absolute atomic E-state index is 12.5. The highest BCUT2D eigenvalue weighted by Crippen LogP contribution is 2.42. The maximum atomic E-state index is 12.5. The molecule has 3 heterocycles. The molecule has 2 N–H and O–H groups in total. The van der Waals surface area contributed by atoms with Gasteiger partial charge in [0.05, 0.1) is 11.7 Å².